The number of ether oxygens (including phenoxy) is 6. The van der Waals surface area contributed by atoms with Crippen molar-refractivity contribution in [2.75, 3.05) is 26.4 Å². The summed E-state index contributed by atoms with van der Waals surface area (Å²) in [5, 5.41) is 121. The molecular formula is C75H135NO18. The molecule has 3 aliphatic heterocycles. The fourth-order valence-electron chi connectivity index (χ4n) is 12.6. The van der Waals surface area contributed by atoms with E-state index in [-0.39, 0.29) is 18.9 Å². The Kier molecular flexibility index (Phi) is 51.3. The lowest BCUT2D eigenvalue weighted by Crippen LogP contribution is -2.66. The summed E-state index contributed by atoms with van der Waals surface area (Å²) >= 11 is 0. The van der Waals surface area contributed by atoms with Crippen molar-refractivity contribution < 1.29 is 89.4 Å². The minimum Gasteiger partial charge on any atom is -0.394 e. The van der Waals surface area contributed by atoms with Gasteiger partial charge in [0, 0.05) is 6.42 Å². The number of carbonyl (C=O) groups is 1. The number of unbranched alkanes of at least 4 members (excludes halogenated alkanes) is 32. The summed E-state index contributed by atoms with van der Waals surface area (Å²) in [6.07, 6.45) is 42.9. The molecular weight excluding hydrogens is 1200 g/mol. The van der Waals surface area contributed by atoms with Crippen LogP contribution in [0, 0.1) is 0 Å². The molecule has 0 saturated carbocycles. The van der Waals surface area contributed by atoms with E-state index < -0.39 is 124 Å². The van der Waals surface area contributed by atoms with Gasteiger partial charge in [-0.25, -0.2) is 0 Å². The minimum atomic E-state index is -1.98. The van der Waals surface area contributed by atoms with Gasteiger partial charge in [0.25, 0.3) is 0 Å². The third-order valence-electron chi connectivity index (χ3n) is 18.6. The minimum absolute atomic E-state index is 0.251. The Hall–Kier alpha value is -2.51. The molecule has 0 radical (unpaired) electrons. The molecule has 0 aliphatic carbocycles. The molecule has 0 spiro atoms. The van der Waals surface area contributed by atoms with Crippen LogP contribution < -0.4 is 5.32 Å². The highest BCUT2D eigenvalue weighted by Gasteiger charge is 2.53. The summed E-state index contributed by atoms with van der Waals surface area (Å²) < 4.78 is 34.5. The summed E-state index contributed by atoms with van der Waals surface area (Å²) in [5.74, 6) is -0.253. The molecule has 3 fully saturated rings. The number of aliphatic hydroxyl groups is 11. The van der Waals surface area contributed by atoms with Gasteiger partial charge >= 0.3 is 0 Å². The van der Waals surface area contributed by atoms with E-state index in [4.69, 9.17) is 28.4 Å². The van der Waals surface area contributed by atoms with Crippen LogP contribution >= 0.6 is 0 Å². The SMILES string of the molecule is CC/C=C\C/C=C\C/C=C\C/C=C\C/C=C\CCCCCCCCCC(=O)NC(COC1OC(CO)C(OC2OC(CO)C(OC3OC(CO)C(O)C(O)C3O)C(O)C2O)C(O)C1O)C(O)CCCCCCCCCCCCCCCCCCCCCCCCCCCC. The van der Waals surface area contributed by atoms with Crippen molar-refractivity contribution in [2.24, 2.45) is 0 Å². The van der Waals surface area contributed by atoms with Gasteiger partial charge in [-0.15, -0.1) is 0 Å². The first-order valence-corrected chi connectivity index (χ1v) is 37.5. The molecule has 19 heteroatoms. The molecule has 17 unspecified atom stereocenters. The number of carbonyl (C=O) groups excluding carboxylic acids is 1. The van der Waals surface area contributed by atoms with Crippen molar-refractivity contribution in [1.29, 1.82) is 0 Å². The van der Waals surface area contributed by atoms with Crippen LogP contribution in [0.4, 0.5) is 0 Å². The van der Waals surface area contributed by atoms with Gasteiger partial charge in [-0.1, -0.05) is 274 Å². The Morgan fingerprint density at radius 3 is 1.15 bits per heavy atom. The third-order valence-corrected chi connectivity index (χ3v) is 18.6. The maximum atomic E-state index is 13.5. The Morgan fingerprint density at radius 1 is 0.394 bits per heavy atom. The van der Waals surface area contributed by atoms with Crippen LogP contribution in [0.3, 0.4) is 0 Å². The van der Waals surface area contributed by atoms with E-state index in [1.807, 2.05) is 0 Å². The van der Waals surface area contributed by atoms with Gasteiger partial charge in [0.1, 0.15) is 73.2 Å². The van der Waals surface area contributed by atoms with E-state index in [0.29, 0.717) is 12.8 Å². The lowest BCUT2D eigenvalue weighted by Gasteiger charge is -2.48. The van der Waals surface area contributed by atoms with Crippen LogP contribution in [0.1, 0.15) is 277 Å². The van der Waals surface area contributed by atoms with Gasteiger partial charge < -0.3 is 89.9 Å². The van der Waals surface area contributed by atoms with E-state index >= 15 is 0 Å². The second-order valence-corrected chi connectivity index (χ2v) is 26.7. The number of rotatable bonds is 58. The Morgan fingerprint density at radius 2 is 0.734 bits per heavy atom. The molecule has 94 heavy (non-hydrogen) atoms. The molecule has 19 nitrogen and oxygen atoms in total. The number of hydrogen-bond acceptors (Lipinski definition) is 18. The normalized spacial score (nSPS) is 27.7. The van der Waals surface area contributed by atoms with Gasteiger partial charge in [0.05, 0.1) is 38.6 Å². The van der Waals surface area contributed by atoms with Crippen LogP contribution in [0.2, 0.25) is 0 Å². The fraction of sp³-hybridized carbons (Fsp3) is 0.853. The highest BCUT2D eigenvalue weighted by Crippen LogP contribution is 2.33. The lowest BCUT2D eigenvalue weighted by molar-refractivity contribution is -0.379. The first-order valence-electron chi connectivity index (χ1n) is 37.5. The maximum Gasteiger partial charge on any atom is 0.220 e. The molecule has 0 aromatic rings. The second-order valence-electron chi connectivity index (χ2n) is 26.7. The molecule has 17 atom stereocenters. The number of aliphatic hydroxyl groups excluding tert-OH is 11. The highest BCUT2D eigenvalue weighted by atomic mass is 16.8. The standard InChI is InChI=1S/C75H135NO18/c1-3-5-7-9-11-13-15-17-19-21-23-25-27-28-29-31-32-34-36-38-40-42-44-46-48-50-52-59(80)58(76-63(81)53-51-49-47-45-43-41-39-37-35-33-30-26-24-22-20-18-16-14-12-10-8-6-4-2)57-89-73-69(87)66(84)71(61(55-78)91-73)94-75-70(88)67(85)72(62(56-79)92-75)93-74-68(86)65(83)64(82)60(54-77)90-74/h6,8,12,14,18,20,24,26,33,35,58-62,64-75,77-80,82-88H,3-5,7,9-11,13,15-17,19,21-23,25,27-32,34,36-57H2,1-2H3,(H,76,81)/b8-6-,14-12-,20-18-,26-24-,35-33-. The van der Waals surface area contributed by atoms with Crippen molar-refractivity contribution in [1.82, 2.24) is 5.32 Å². The zero-order chi connectivity index (χ0) is 68.2. The third kappa shape index (κ3) is 37.1. The summed E-state index contributed by atoms with van der Waals surface area (Å²) in [7, 11) is 0. The Bertz CT molecular complexity index is 1940. The Balaban J connectivity index is 1.41. The molecule has 3 rings (SSSR count). The summed E-state index contributed by atoms with van der Waals surface area (Å²) in [6, 6.07) is -0.898. The zero-order valence-electron chi connectivity index (χ0n) is 58.2. The quantitative estimate of drug-likeness (QED) is 0.0199. The molecule has 0 aromatic carbocycles. The highest BCUT2D eigenvalue weighted by molar-refractivity contribution is 5.76. The average Bonchev–Trinajstić information content (AvgIpc) is 0.787. The molecule has 0 aromatic heterocycles. The monoisotopic (exact) mass is 1340 g/mol. The van der Waals surface area contributed by atoms with E-state index in [0.717, 1.165) is 103 Å². The molecule has 3 aliphatic rings. The summed E-state index contributed by atoms with van der Waals surface area (Å²) in [6.45, 7) is 1.70. The summed E-state index contributed by atoms with van der Waals surface area (Å²) in [4.78, 5) is 13.5. The van der Waals surface area contributed by atoms with Gasteiger partial charge in [0.2, 0.25) is 5.91 Å². The molecule has 0 bridgehead atoms. The molecule has 3 heterocycles. The topological polar surface area (TPSA) is 307 Å². The number of allylic oxidation sites excluding steroid dienone is 10. The fourth-order valence-corrected chi connectivity index (χ4v) is 12.6. The van der Waals surface area contributed by atoms with Gasteiger partial charge in [0.15, 0.2) is 18.9 Å². The van der Waals surface area contributed by atoms with Gasteiger partial charge in [-0.05, 0) is 57.8 Å². The van der Waals surface area contributed by atoms with Crippen LogP contribution in [0.25, 0.3) is 0 Å². The number of hydrogen-bond donors (Lipinski definition) is 12. The van der Waals surface area contributed by atoms with E-state index in [1.165, 1.54) is 141 Å². The smallest absolute Gasteiger partial charge is 0.220 e. The summed E-state index contributed by atoms with van der Waals surface area (Å²) in [5.41, 5.74) is 0. The van der Waals surface area contributed by atoms with Gasteiger partial charge in [-0.3, -0.25) is 4.79 Å². The predicted octanol–water partition coefficient (Wildman–Crippen LogP) is 11.1. The molecule has 3 saturated heterocycles. The lowest BCUT2D eigenvalue weighted by atomic mass is 9.96. The Labute approximate surface area is 566 Å². The molecule has 12 N–H and O–H groups in total. The van der Waals surface area contributed by atoms with E-state index in [1.54, 1.807) is 0 Å². The van der Waals surface area contributed by atoms with Crippen LogP contribution in [0.15, 0.2) is 60.8 Å². The molecule has 548 valence electrons. The first kappa shape index (κ1) is 85.7. The van der Waals surface area contributed by atoms with Crippen LogP contribution in [0.5, 0.6) is 0 Å². The first-order chi connectivity index (χ1) is 45.8. The van der Waals surface area contributed by atoms with Crippen molar-refractivity contribution in [2.45, 2.75) is 381 Å². The largest absolute Gasteiger partial charge is 0.394 e. The second kappa shape index (κ2) is 56.3. The molecule has 1 amide bonds. The maximum absolute atomic E-state index is 13.5. The van der Waals surface area contributed by atoms with E-state index in [2.05, 4.69) is 79.9 Å². The average molecular weight is 1340 g/mol. The van der Waals surface area contributed by atoms with Crippen LogP contribution in [-0.4, -0.2) is 193 Å². The number of nitrogens with one attached hydrogen (secondary N) is 1. The van der Waals surface area contributed by atoms with Crippen molar-refractivity contribution in [3.63, 3.8) is 0 Å². The van der Waals surface area contributed by atoms with E-state index in [9.17, 15) is 61.0 Å². The van der Waals surface area contributed by atoms with Crippen molar-refractivity contribution >= 4 is 5.91 Å². The van der Waals surface area contributed by atoms with Crippen molar-refractivity contribution in [3.8, 4) is 0 Å². The zero-order valence-corrected chi connectivity index (χ0v) is 58.2. The predicted molar refractivity (Wildman–Crippen MR) is 369 cm³/mol. The van der Waals surface area contributed by atoms with Crippen LogP contribution in [-0.2, 0) is 33.2 Å². The number of amides is 1. The van der Waals surface area contributed by atoms with Gasteiger partial charge in [-0.2, -0.15) is 0 Å². The van der Waals surface area contributed by atoms with Crippen molar-refractivity contribution in [3.05, 3.63) is 60.8 Å².